The molecule has 2 aromatic rings. The topological polar surface area (TPSA) is 72.0 Å². The van der Waals surface area contributed by atoms with Gasteiger partial charge in [-0.1, -0.05) is 41.4 Å². The van der Waals surface area contributed by atoms with Crippen LogP contribution in [0.1, 0.15) is 0 Å². The average molecular weight is 304 g/mol. The molecule has 2 rings (SSSR count). The van der Waals surface area contributed by atoms with E-state index in [0.29, 0.717) is 0 Å². The van der Waals surface area contributed by atoms with Gasteiger partial charge >= 0.3 is 0 Å². The Labute approximate surface area is 114 Å². The van der Waals surface area contributed by atoms with Crippen LogP contribution in [0.3, 0.4) is 0 Å². The zero-order chi connectivity index (χ0) is 13.2. The van der Waals surface area contributed by atoms with Crippen molar-refractivity contribution in [2.24, 2.45) is 0 Å². The quantitative estimate of drug-likeness (QED) is 0.885. The molecule has 0 spiro atoms. The van der Waals surface area contributed by atoms with Crippen LogP contribution >= 0.6 is 23.2 Å². The Bertz CT molecular complexity index is 662. The summed E-state index contributed by atoms with van der Waals surface area (Å²) in [5, 5.41) is -0.0592. The van der Waals surface area contributed by atoms with E-state index in [0.717, 1.165) is 6.33 Å². The van der Waals surface area contributed by atoms with Crippen LogP contribution in [0, 0.1) is 0 Å². The molecular weight excluding hydrogens is 297 g/mol. The van der Waals surface area contributed by atoms with E-state index in [1.54, 1.807) is 18.2 Å². The Morgan fingerprint density at radius 2 is 1.72 bits per heavy atom. The normalized spacial score (nSPS) is 11.2. The number of benzene rings is 1. The summed E-state index contributed by atoms with van der Waals surface area (Å²) in [5.74, 6) is -0.0551. The van der Waals surface area contributed by atoms with Crippen LogP contribution in [-0.2, 0) is 10.0 Å². The van der Waals surface area contributed by atoms with Crippen molar-refractivity contribution >= 4 is 39.0 Å². The Morgan fingerprint density at radius 3 is 2.39 bits per heavy atom. The third-order valence-electron chi connectivity index (χ3n) is 2.03. The molecule has 94 valence electrons. The Balaban J connectivity index is 2.37. The second kappa shape index (κ2) is 5.09. The van der Waals surface area contributed by atoms with E-state index in [2.05, 4.69) is 14.7 Å². The van der Waals surface area contributed by atoms with Crippen LogP contribution in [-0.4, -0.2) is 18.4 Å². The van der Waals surface area contributed by atoms with Gasteiger partial charge in [0.1, 0.15) is 11.3 Å². The van der Waals surface area contributed by atoms with Crippen LogP contribution in [0.25, 0.3) is 0 Å². The molecule has 0 aliphatic rings. The lowest BCUT2D eigenvalue weighted by atomic mass is 10.4. The van der Waals surface area contributed by atoms with Gasteiger partial charge in [0, 0.05) is 0 Å². The Hall–Kier alpha value is -1.37. The first-order valence-corrected chi connectivity index (χ1v) is 6.98. The van der Waals surface area contributed by atoms with Crippen molar-refractivity contribution in [2.75, 3.05) is 4.72 Å². The van der Waals surface area contributed by atoms with Crippen LogP contribution in [0.5, 0.6) is 0 Å². The molecule has 1 N–H and O–H groups in total. The predicted octanol–water partition coefficient (Wildman–Crippen LogP) is 2.58. The van der Waals surface area contributed by atoms with Gasteiger partial charge in [-0.25, -0.2) is 18.4 Å². The lowest BCUT2D eigenvalue weighted by Crippen LogP contribution is -2.14. The second-order valence-corrected chi connectivity index (χ2v) is 5.66. The van der Waals surface area contributed by atoms with Gasteiger partial charge in [0.05, 0.1) is 4.90 Å². The van der Waals surface area contributed by atoms with Gasteiger partial charge in [0.15, 0.2) is 11.0 Å². The smallest absolute Gasteiger partial charge is 0.262 e. The number of anilines is 1. The largest absolute Gasteiger partial charge is 0.263 e. The van der Waals surface area contributed by atoms with Crippen molar-refractivity contribution in [2.45, 2.75) is 4.90 Å². The summed E-state index contributed by atoms with van der Waals surface area (Å²) in [6.45, 7) is 0. The number of hydrogen-bond acceptors (Lipinski definition) is 4. The fourth-order valence-corrected chi connectivity index (χ4v) is 2.58. The molecule has 0 saturated carbocycles. The van der Waals surface area contributed by atoms with Crippen LogP contribution in [0.2, 0.25) is 10.2 Å². The third kappa shape index (κ3) is 2.72. The summed E-state index contributed by atoms with van der Waals surface area (Å²) >= 11 is 11.5. The standard InChI is InChI=1S/C10H7Cl2N3O2S/c11-8-9(12)13-6-14-10(8)15-18(16,17)7-4-2-1-3-5-7/h1-6H,(H,13,14,15). The van der Waals surface area contributed by atoms with Crippen LogP contribution < -0.4 is 4.72 Å². The summed E-state index contributed by atoms with van der Waals surface area (Å²) < 4.78 is 26.2. The van der Waals surface area contributed by atoms with Crippen molar-refractivity contribution in [1.82, 2.24) is 9.97 Å². The monoisotopic (exact) mass is 303 g/mol. The lowest BCUT2D eigenvalue weighted by molar-refractivity contribution is 0.601. The summed E-state index contributed by atoms with van der Waals surface area (Å²) in [6, 6.07) is 7.86. The number of nitrogens with zero attached hydrogens (tertiary/aromatic N) is 2. The van der Waals surface area contributed by atoms with E-state index in [-0.39, 0.29) is 20.9 Å². The van der Waals surface area contributed by atoms with Crippen LogP contribution in [0.15, 0.2) is 41.6 Å². The number of aromatic nitrogens is 2. The molecule has 0 unspecified atom stereocenters. The van der Waals surface area contributed by atoms with E-state index < -0.39 is 10.0 Å². The molecule has 0 aliphatic carbocycles. The Kier molecular flexibility index (Phi) is 3.70. The highest BCUT2D eigenvalue weighted by molar-refractivity contribution is 7.92. The summed E-state index contributed by atoms with van der Waals surface area (Å²) in [4.78, 5) is 7.47. The number of halogens is 2. The molecule has 0 amide bonds. The van der Waals surface area contributed by atoms with Crippen LogP contribution in [0.4, 0.5) is 5.82 Å². The molecule has 0 saturated heterocycles. The van der Waals surface area contributed by atoms with Crippen molar-refractivity contribution < 1.29 is 8.42 Å². The number of hydrogen-bond donors (Lipinski definition) is 1. The molecule has 0 fully saturated rings. The van der Waals surface area contributed by atoms with Crippen molar-refractivity contribution in [3.63, 3.8) is 0 Å². The van der Waals surface area contributed by atoms with Crippen molar-refractivity contribution in [3.05, 3.63) is 46.8 Å². The fraction of sp³-hybridized carbons (Fsp3) is 0. The first-order chi connectivity index (χ1) is 8.50. The molecule has 5 nitrogen and oxygen atoms in total. The maximum absolute atomic E-state index is 12.0. The molecule has 1 aromatic heterocycles. The first-order valence-electron chi connectivity index (χ1n) is 4.74. The molecule has 1 aromatic carbocycles. The highest BCUT2D eigenvalue weighted by atomic mass is 35.5. The summed E-state index contributed by atoms with van der Waals surface area (Å²) in [7, 11) is -3.74. The second-order valence-electron chi connectivity index (χ2n) is 3.25. The first kappa shape index (κ1) is 13.1. The van der Waals surface area contributed by atoms with E-state index in [9.17, 15) is 8.42 Å². The summed E-state index contributed by atoms with van der Waals surface area (Å²) in [6.07, 6.45) is 1.12. The van der Waals surface area contributed by atoms with Gasteiger partial charge in [-0.05, 0) is 12.1 Å². The highest BCUT2D eigenvalue weighted by Gasteiger charge is 2.17. The Morgan fingerprint density at radius 1 is 1.06 bits per heavy atom. The molecule has 8 heteroatoms. The predicted molar refractivity (Wildman–Crippen MR) is 69.3 cm³/mol. The maximum atomic E-state index is 12.0. The van der Waals surface area contributed by atoms with Gasteiger partial charge in [0.25, 0.3) is 10.0 Å². The maximum Gasteiger partial charge on any atom is 0.263 e. The van der Waals surface area contributed by atoms with Crippen molar-refractivity contribution in [1.29, 1.82) is 0 Å². The number of rotatable bonds is 3. The van der Waals surface area contributed by atoms with E-state index in [1.165, 1.54) is 12.1 Å². The summed E-state index contributed by atoms with van der Waals surface area (Å²) in [5.41, 5.74) is 0. The molecule has 0 aliphatic heterocycles. The average Bonchev–Trinajstić information content (AvgIpc) is 2.36. The third-order valence-corrected chi connectivity index (χ3v) is 4.13. The zero-order valence-electron chi connectivity index (χ0n) is 8.84. The number of nitrogens with one attached hydrogen (secondary N) is 1. The van der Waals surface area contributed by atoms with Gasteiger partial charge in [0.2, 0.25) is 0 Å². The highest BCUT2D eigenvalue weighted by Crippen LogP contribution is 2.27. The molecule has 1 heterocycles. The molecule has 0 bridgehead atoms. The van der Waals surface area contributed by atoms with Gasteiger partial charge < -0.3 is 0 Å². The van der Waals surface area contributed by atoms with Crippen molar-refractivity contribution in [3.8, 4) is 0 Å². The minimum atomic E-state index is -3.74. The lowest BCUT2D eigenvalue weighted by Gasteiger charge is -2.08. The fourth-order valence-electron chi connectivity index (χ4n) is 1.21. The van der Waals surface area contributed by atoms with Gasteiger partial charge in [-0.3, -0.25) is 4.72 Å². The van der Waals surface area contributed by atoms with Gasteiger partial charge in [-0.2, -0.15) is 0 Å². The zero-order valence-corrected chi connectivity index (χ0v) is 11.2. The number of sulfonamides is 1. The molecular formula is C10H7Cl2N3O2S. The van der Waals surface area contributed by atoms with E-state index in [1.807, 2.05) is 0 Å². The minimum absolute atomic E-state index is 0.0163. The SMILES string of the molecule is O=S(=O)(Nc1ncnc(Cl)c1Cl)c1ccccc1. The van der Waals surface area contributed by atoms with E-state index in [4.69, 9.17) is 23.2 Å². The van der Waals surface area contributed by atoms with E-state index >= 15 is 0 Å². The minimum Gasteiger partial charge on any atom is -0.262 e. The molecule has 18 heavy (non-hydrogen) atoms. The van der Waals surface area contributed by atoms with Gasteiger partial charge in [-0.15, -0.1) is 0 Å². The molecule has 0 radical (unpaired) electrons. The molecule has 0 atom stereocenters.